The lowest BCUT2D eigenvalue weighted by Crippen LogP contribution is -2.25. The van der Waals surface area contributed by atoms with Crippen LogP contribution in [0, 0.1) is 5.92 Å². The van der Waals surface area contributed by atoms with E-state index in [1.165, 1.54) is 7.11 Å². The number of nitrogens with one attached hydrogen (secondary N) is 2. The Morgan fingerprint density at radius 1 is 1.10 bits per heavy atom. The molecule has 0 aromatic heterocycles. The SMILES string of the molecule is COc1cc(C(=O)Nc2ccc(C(=O)NC3CC3)cc2)cc(Cl)c1OCCC(C)C. The molecule has 0 spiro atoms. The van der Waals surface area contributed by atoms with Crippen LogP contribution in [-0.2, 0) is 0 Å². The maximum Gasteiger partial charge on any atom is 0.255 e. The van der Waals surface area contributed by atoms with Crippen molar-refractivity contribution in [3.8, 4) is 11.5 Å². The van der Waals surface area contributed by atoms with E-state index < -0.39 is 0 Å². The molecule has 0 saturated heterocycles. The number of hydrogen-bond donors (Lipinski definition) is 2. The van der Waals surface area contributed by atoms with Crippen LogP contribution < -0.4 is 20.1 Å². The van der Waals surface area contributed by atoms with Crippen LogP contribution >= 0.6 is 11.6 Å². The first-order valence-electron chi connectivity index (χ1n) is 10.1. The highest BCUT2D eigenvalue weighted by Gasteiger charge is 2.23. The van der Waals surface area contributed by atoms with E-state index in [4.69, 9.17) is 21.1 Å². The van der Waals surface area contributed by atoms with Crippen molar-refractivity contribution in [2.45, 2.75) is 39.2 Å². The van der Waals surface area contributed by atoms with Gasteiger partial charge in [0.2, 0.25) is 0 Å². The molecular formula is C23H27ClN2O4. The predicted molar refractivity (Wildman–Crippen MR) is 118 cm³/mol. The fraction of sp³-hybridized carbons (Fsp3) is 0.391. The van der Waals surface area contributed by atoms with E-state index in [0.717, 1.165) is 19.3 Å². The molecule has 0 unspecified atom stereocenters. The summed E-state index contributed by atoms with van der Waals surface area (Å²) < 4.78 is 11.1. The summed E-state index contributed by atoms with van der Waals surface area (Å²) in [5, 5.41) is 6.06. The topological polar surface area (TPSA) is 76.7 Å². The van der Waals surface area contributed by atoms with E-state index in [2.05, 4.69) is 24.5 Å². The molecule has 7 heteroatoms. The minimum absolute atomic E-state index is 0.0973. The minimum Gasteiger partial charge on any atom is -0.493 e. The average molecular weight is 431 g/mol. The zero-order chi connectivity index (χ0) is 21.7. The molecule has 0 atom stereocenters. The Balaban J connectivity index is 1.67. The summed E-state index contributed by atoms with van der Waals surface area (Å²) in [6.45, 7) is 4.74. The zero-order valence-electron chi connectivity index (χ0n) is 17.5. The largest absolute Gasteiger partial charge is 0.493 e. The second-order valence-electron chi connectivity index (χ2n) is 7.80. The average Bonchev–Trinajstić information content (AvgIpc) is 3.53. The van der Waals surface area contributed by atoms with E-state index in [-0.39, 0.29) is 11.8 Å². The van der Waals surface area contributed by atoms with E-state index in [0.29, 0.717) is 51.9 Å². The number of benzene rings is 2. The van der Waals surface area contributed by atoms with Gasteiger partial charge in [0, 0.05) is 22.9 Å². The lowest BCUT2D eigenvalue weighted by molar-refractivity contribution is 0.0950. The molecule has 0 radical (unpaired) electrons. The monoisotopic (exact) mass is 430 g/mol. The van der Waals surface area contributed by atoms with Gasteiger partial charge in [-0.3, -0.25) is 9.59 Å². The highest BCUT2D eigenvalue weighted by Crippen LogP contribution is 2.37. The molecule has 1 aliphatic carbocycles. The first-order chi connectivity index (χ1) is 14.4. The Labute approximate surface area is 181 Å². The van der Waals surface area contributed by atoms with E-state index in [9.17, 15) is 9.59 Å². The van der Waals surface area contributed by atoms with Crippen molar-refractivity contribution in [1.29, 1.82) is 0 Å². The van der Waals surface area contributed by atoms with Gasteiger partial charge in [0.25, 0.3) is 11.8 Å². The quantitative estimate of drug-likeness (QED) is 0.592. The summed E-state index contributed by atoms with van der Waals surface area (Å²) in [6.07, 6.45) is 2.96. The third kappa shape index (κ3) is 5.89. The maximum absolute atomic E-state index is 12.7. The molecule has 0 aliphatic heterocycles. The van der Waals surface area contributed by atoms with E-state index >= 15 is 0 Å². The number of ether oxygens (including phenoxy) is 2. The second kappa shape index (κ2) is 9.85. The number of amides is 2. The summed E-state index contributed by atoms with van der Waals surface area (Å²) in [4.78, 5) is 24.7. The first kappa shape index (κ1) is 22.0. The van der Waals surface area contributed by atoms with Gasteiger partial charge in [0.15, 0.2) is 11.5 Å². The Morgan fingerprint density at radius 3 is 2.40 bits per heavy atom. The smallest absolute Gasteiger partial charge is 0.255 e. The van der Waals surface area contributed by atoms with Gasteiger partial charge in [-0.15, -0.1) is 0 Å². The number of carbonyl (C=O) groups excluding carboxylic acids is 2. The van der Waals surface area contributed by atoms with Crippen molar-refractivity contribution in [1.82, 2.24) is 5.32 Å². The van der Waals surface area contributed by atoms with Gasteiger partial charge in [-0.25, -0.2) is 0 Å². The number of rotatable bonds is 9. The summed E-state index contributed by atoms with van der Waals surface area (Å²) in [6, 6.07) is 10.2. The highest BCUT2D eigenvalue weighted by molar-refractivity contribution is 6.32. The van der Waals surface area contributed by atoms with Gasteiger partial charge in [-0.1, -0.05) is 25.4 Å². The van der Waals surface area contributed by atoms with E-state index in [1.807, 2.05) is 0 Å². The van der Waals surface area contributed by atoms with Gasteiger partial charge in [-0.05, 0) is 61.6 Å². The molecule has 30 heavy (non-hydrogen) atoms. The van der Waals surface area contributed by atoms with Gasteiger partial charge >= 0.3 is 0 Å². The lowest BCUT2D eigenvalue weighted by atomic mass is 10.1. The van der Waals surface area contributed by atoms with Crippen molar-refractivity contribution in [3.05, 3.63) is 52.5 Å². The number of carbonyl (C=O) groups is 2. The van der Waals surface area contributed by atoms with Crippen LogP contribution in [-0.4, -0.2) is 31.6 Å². The van der Waals surface area contributed by atoms with Crippen LogP contribution in [0.5, 0.6) is 11.5 Å². The Bertz CT molecular complexity index is 908. The molecule has 6 nitrogen and oxygen atoms in total. The van der Waals surface area contributed by atoms with Gasteiger partial charge in [0.05, 0.1) is 18.7 Å². The third-order valence-corrected chi connectivity index (χ3v) is 5.03. The molecule has 1 aliphatic rings. The maximum atomic E-state index is 12.7. The fourth-order valence-electron chi connectivity index (χ4n) is 2.79. The number of halogens is 1. The Kier molecular flexibility index (Phi) is 7.21. The molecule has 0 bridgehead atoms. The molecule has 2 aromatic rings. The first-order valence-corrected chi connectivity index (χ1v) is 10.5. The summed E-state index contributed by atoms with van der Waals surface area (Å²) >= 11 is 6.35. The second-order valence-corrected chi connectivity index (χ2v) is 8.21. The molecule has 160 valence electrons. The summed E-state index contributed by atoms with van der Waals surface area (Å²) in [7, 11) is 1.51. The highest BCUT2D eigenvalue weighted by atomic mass is 35.5. The van der Waals surface area contributed by atoms with E-state index in [1.54, 1.807) is 36.4 Å². The summed E-state index contributed by atoms with van der Waals surface area (Å²) in [5.74, 6) is 0.913. The number of anilines is 1. The van der Waals surface area contributed by atoms with Crippen LogP contribution in [0.3, 0.4) is 0 Å². The van der Waals surface area contributed by atoms with Gasteiger partial charge < -0.3 is 20.1 Å². The van der Waals surface area contributed by atoms with Crippen LogP contribution in [0.2, 0.25) is 5.02 Å². The van der Waals surface area contributed by atoms with Gasteiger partial charge in [0.1, 0.15) is 0 Å². The van der Waals surface area contributed by atoms with Crippen molar-refractivity contribution in [3.63, 3.8) is 0 Å². The minimum atomic E-state index is -0.334. The van der Waals surface area contributed by atoms with Crippen LogP contribution in [0.15, 0.2) is 36.4 Å². The normalized spacial score (nSPS) is 13.1. The fourth-order valence-corrected chi connectivity index (χ4v) is 3.06. The van der Waals surface area contributed by atoms with Crippen molar-refractivity contribution >= 4 is 29.1 Å². The van der Waals surface area contributed by atoms with Crippen molar-refractivity contribution in [2.75, 3.05) is 19.0 Å². The number of methoxy groups -OCH3 is 1. The standard InChI is InChI=1S/C23H27ClN2O4/c1-14(2)10-11-30-21-19(24)12-16(13-20(21)29-3)23(28)26-17-6-4-15(5-7-17)22(27)25-18-8-9-18/h4-7,12-14,18H,8-11H2,1-3H3,(H,25,27)(H,26,28). The Hall–Kier alpha value is -2.73. The van der Waals surface area contributed by atoms with Crippen molar-refractivity contribution < 1.29 is 19.1 Å². The molecule has 1 fully saturated rings. The molecule has 0 heterocycles. The zero-order valence-corrected chi connectivity index (χ0v) is 18.2. The van der Waals surface area contributed by atoms with Crippen LogP contribution in [0.1, 0.15) is 53.8 Å². The molecule has 2 N–H and O–H groups in total. The predicted octanol–water partition coefficient (Wildman–Crippen LogP) is 4.92. The van der Waals surface area contributed by atoms with Crippen molar-refractivity contribution in [2.24, 2.45) is 5.92 Å². The van der Waals surface area contributed by atoms with Gasteiger partial charge in [-0.2, -0.15) is 0 Å². The Morgan fingerprint density at radius 2 is 1.80 bits per heavy atom. The number of hydrogen-bond acceptors (Lipinski definition) is 4. The molecule has 2 amide bonds. The molecule has 3 rings (SSSR count). The van der Waals surface area contributed by atoms with Crippen LogP contribution in [0.25, 0.3) is 0 Å². The lowest BCUT2D eigenvalue weighted by Gasteiger charge is -2.15. The summed E-state index contributed by atoms with van der Waals surface area (Å²) in [5.41, 5.74) is 1.49. The third-order valence-electron chi connectivity index (χ3n) is 4.75. The molecule has 1 saturated carbocycles. The molecular weight excluding hydrogens is 404 g/mol. The van der Waals surface area contributed by atoms with Crippen LogP contribution in [0.4, 0.5) is 5.69 Å². The molecule has 2 aromatic carbocycles.